The summed E-state index contributed by atoms with van der Waals surface area (Å²) in [5.74, 6) is 0.338. The molecule has 88 valence electrons. The monoisotopic (exact) mass is 218 g/mol. The van der Waals surface area contributed by atoms with Gasteiger partial charge in [0.05, 0.1) is 0 Å². The van der Waals surface area contributed by atoms with Crippen molar-refractivity contribution in [2.24, 2.45) is 5.41 Å². The Kier molecular flexibility index (Phi) is 3.79. The number of allylic oxidation sites excluding steroid dienone is 2. The number of aromatic hydroxyl groups is 1. The van der Waals surface area contributed by atoms with Crippen molar-refractivity contribution in [3.05, 3.63) is 35.4 Å². The Morgan fingerprint density at radius 3 is 2.25 bits per heavy atom. The van der Waals surface area contributed by atoms with Crippen molar-refractivity contribution in [3.8, 4) is 5.75 Å². The first-order valence-corrected chi connectivity index (χ1v) is 5.75. The Balaban J connectivity index is 3.11. The van der Waals surface area contributed by atoms with E-state index in [1.165, 1.54) is 11.1 Å². The molecule has 0 aromatic heterocycles. The van der Waals surface area contributed by atoms with E-state index < -0.39 is 0 Å². The third kappa shape index (κ3) is 3.73. The molecule has 0 aliphatic carbocycles. The van der Waals surface area contributed by atoms with Crippen LogP contribution >= 0.6 is 0 Å². The zero-order valence-electron chi connectivity index (χ0n) is 11.0. The minimum Gasteiger partial charge on any atom is -0.508 e. The maximum atomic E-state index is 9.52. The summed E-state index contributed by atoms with van der Waals surface area (Å²) in [6, 6.07) is 7.52. The molecule has 0 amide bonds. The molecule has 0 atom stereocenters. The fourth-order valence-electron chi connectivity index (χ4n) is 1.79. The van der Waals surface area contributed by atoms with Gasteiger partial charge in [0.2, 0.25) is 0 Å². The molecular formula is C15H22O. The third-order valence-corrected chi connectivity index (χ3v) is 2.51. The summed E-state index contributed by atoms with van der Waals surface area (Å²) < 4.78 is 0. The summed E-state index contributed by atoms with van der Waals surface area (Å²) in [5.41, 5.74) is 4.05. The Bertz CT molecular complexity index is 390. The fraction of sp³-hybridized carbons (Fsp3) is 0.467. The molecule has 1 aromatic rings. The van der Waals surface area contributed by atoms with Crippen LogP contribution in [0.1, 0.15) is 46.6 Å². The lowest BCUT2D eigenvalue weighted by atomic mass is 9.83. The van der Waals surface area contributed by atoms with Crippen LogP contribution in [0.4, 0.5) is 0 Å². The number of phenols is 1. The van der Waals surface area contributed by atoms with Gasteiger partial charge in [-0.15, -0.1) is 0 Å². The van der Waals surface area contributed by atoms with Crippen LogP contribution in [0.3, 0.4) is 0 Å². The Hall–Kier alpha value is -1.24. The first-order chi connectivity index (χ1) is 7.29. The molecule has 0 saturated carbocycles. The normalized spacial score (nSPS) is 11.3. The van der Waals surface area contributed by atoms with Crippen LogP contribution in [0.25, 0.3) is 5.57 Å². The van der Waals surface area contributed by atoms with E-state index in [0.717, 1.165) is 12.0 Å². The lowest BCUT2D eigenvalue weighted by Crippen LogP contribution is -2.06. The van der Waals surface area contributed by atoms with E-state index in [1.54, 1.807) is 6.07 Å². The van der Waals surface area contributed by atoms with Crippen molar-refractivity contribution in [1.82, 2.24) is 0 Å². The second kappa shape index (κ2) is 4.73. The van der Waals surface area contributed by atoms with Gasteiger partial charge in [-0.3, -0.25) is 0 Å². The molecule has 0 bridgehead atoms. The van der Waals surface area contributed by atoms with Crippen molar-refractivity contribution < 1.29 is 5.11 Å². The standard InChI is InChI=1S/C15H22O/c1-11(2)14(10-15(3,4)5)12-7-6-8-13(16)9-12/h6-9,16H,10H2,1-5H3. The Labute approximate surface area is 98.8 Å². The maximum Gasteiger partial charge on any atom is 0.116 e. The summed E-state index contributed by atoms with van der Waals surface area (Å²) in [6.07, 6.45) is 1.03. The van der Waals surface area contributed by atoms with Crippen molar-refractivity contribution in [1.29, 1.82) is 0 Å². The molecular weight excluding hydrogens is 196 g/mol. The van der Waals surface area contributed by atoms with Crippen molar-refractivity contribution in [2.45, 2.75) is 41.0 Å². The predicted molar refractivity (Wildman–Crippen MR) is 70.4 cm³/mol. The summed E-state index contributed by atoms with van der Waals surface area (Å²) >= 11 is 0. The van der Waals surface area contributed by atoms with Crippen molar-refractivity contribution in [2.75, 3.05) is 0 Å². The summed E-state index contributed by atoms with van der Waals surface area (Å²) in [7, 11) is 0. The minimum atomic E-state index is 0.262. The number of benzene rings is 1. The van der Waals surface area contributed by atoms with Gasteiger partial charge in [-0.2, -0.15) is 0 Å². The quantitative estimate of drug-likeness (QED) is 0.767. The van der Waals surface area contributed by atoms with Gasteiger partial charge in [0.15, 0.2) is 0 Å². The van der Waals surface area contributed by atoms with Gasteiger partial charge in [0.1, 0.15) is 5.75 Å². The molecule has 0 radical (unpaired) electrons. The van der Waals surface area contributed by atoms with E-state index in [0.29, 0.717) is 5.75 Å². The maximum absolute atomic E-state index is 9.52. The first-order valence-electron chi connectivity index (χ1n) is 5.75. The third-order valence-electron chi connectivity index (χ3n) is 2.51. The molecule has 1 aromatic carbocycles. The van der Waals surface area contributed by atoms with Crippen LogP contribution in [0.15, 0.2) is 29.8 Å². The average Bonchev–Trinajstić information content (AvgIpc) is 2.12. The highest BCUT2D eigenvalue weighted by molar-refractivity contribution is 5.69. The van der Waals surface area contributed by atoms with Gasteiger partial charge in [0, 0.05) is 0 Å². The SMILES string of the molecule is CC(C)=C(CC(C)(C)C)c1cccc(O)c1. The summed E-state index contributed by atoms with van der Waals surface area (Å²) in [5, 5.41) is 9.52. The van der Waals surface area contributed by atoms with E-state index in [1.807, 2.05) is 12.1 Å². The van der Waals surface area contributed by atoms with Crippen LogP contribution in [0.5, 0.6) is 5.75 Å². The number of phenolic OH excluding ortho intramolecular Hbond substituents is 1. The van der Waals surface area contributed by atoms with Crippen LogP contribution < -0.4 is 0 Å². The molecule has 0 spiro atoms. The van der Waals surface area contributed by atoms with E-state index in [2.05, 4.69) is 40.7 Å². The lowest BCUT2D eigenvalue weighted by molar-refractivity contribution is 0.426. The molecule has 0 heterocycles. The second-order valence-electron chi connectivity index (χ2n) is 5.77. The highest BCUT2D eigenvalue weighted by Crippen LogP contribution is 2.33. The van der Waals surface area contributed by atoms with Gasteiger partial charge in [-0.05, 0) is 49.0 Å². The highest BCUT2D eigenvalue weighted by Gasteiger charge is 2.15. The van der Waals surface area contributed by atoms with E-state index in [4.69, 9.17) is 0 Å². The van der Waals surface area contributed by atoms with Gasteiger partial charge < -0.3 is 5.11 Å². The molecule has 16 heavy (non-hydrogen) atoms. The zero-order valence-corrected chi connectivity index (χ0v) is 11.0. The lowest BCUT2D eigenvalue weighted by Gasteiger charge is -2.22. The second-order valence-corrected chi connectivity index (χ2v) is 5.77. The molecule has 0 unspecified atom stereocenters. The number of rotatable bonds is 2. The molecule has 0 saturated heterocycles. The number of hydrogen-bond acceptors (Lipinski definition) is 1. The minimum absolute atomic E-state index is 0.262. The van der Waals surface area contributed by atoms with E-state index in [-0.39, 0.29) is 5.41 Å². The Morgan fingerprint density at radius 2 is 1.81 bits per heavy atom. The average molecular weight is 218 g/mol. The smallest absolute Gasteiger partial charge is 0.116 e. The van der Waals surface area contributed by atoms with Crippen LogP contribution in [-0.4, -0.2) is 5.11 Å². The van der Waals surface area contributed by atoms with Gasteiger partial charge in [-0.25, -0.2) is 0 Å². The van der Waals surface area contributed by atoms with Crippen LogP contribution in [0.2, 0.25) is 0 Å². The first kappa shape index (κ1) is 12.8. The molecule has 0 aliphatic heterocycles. The molecule has 1 nitrogen and oxygen atoms in total. The number of hydrogen-bond donors (Lipinski definition) is 1. The van der Waals surface area contributed by atoms with Crippen molar-refractivity contribution >= 4 is 5.57 Å². The van der Waals surface area contributed by atoms with E-state index in [9.17, 15) is 5.11 Å². The summed E-state index contributed by atoms with van der Waals surface area (Å²) in [6.45, 7) is 11.0. The molecule has 1 rings (SSSR count). The van der Waals surface area contributed by atoms with Crippen LogP contribution in [0, 0.1) is 5.41 Å². The molecule has 1 N–H and O–H groups in total. The largest absolute Gasteiger partial charge is 0.508 e. The fourth-order valence-corrected chi connectivity index (χ4v) is 1.79. The molecule has 0 fully saturated rings. The Morgan fingerprint density at radius 1 is 1.19 bits per heavy atom. The van der Waals surface area contributed by atoms with Crippen molar-refractivity contribution in [3.63, 3.8) is 0 Å². The van der Waals surface area contributed by atoms with Gasteiger partial charge in [-0.1, -0.05) is 38.5 Å². The van der Waals surface area contributed by atoms with Gasteiger partial charge >= 0.3 is 0 Å². The predicted octanol–water partition coefficient (Wildman–Crippen LogP) is 4.62. The topological polar surface area (TPSA) is 20.2 Å². The van der Waals surface area contributed by atoms with Gasteiger partial charge in [0.25, 0.3) is 0 Å². The summed E-state index contributed by atoms with van der Waals surface area (Å²) in [4.78, 5) is 0. The van der Waals surface area contributed by atoms with E-state index >= 15 is 0 Å². The molecule has 1 heteroatoms. The molecule has 0 aliphatic rings. The zero-order chi connectivity index (χ0) is 12.3. The highest BCUT2D eigenvalue weighted by atomic mass is 16.3. The van der Waals surface area contributed by atoms with Crippen LogP contribution in [-0.2, 0) is 0 Å².